The van der Waals surface area contributed by atoms with Crippen molar-refractivity contribution in [3.05, 3.63) is 28.8 Å². The van der Waals surface area contributed by atoms with E-state index in [2.05, 4.69) is 26.8 Å². The Morgan fingerprint density at radius 1 is 1.29 bits per heavy atom. The molecule has 1 nitrogen and oxygen atoms in total. The van der Waals surface area contributed by atoms with Crippen LogP contribution in [-0.4, -0.2) is 0 Å². The zero-order chi connectivity index (χ0) is 10.8. The van der Waals surface area contributed by atoms with Gasteiger partial charge in [-0.2, -0.15) is 0 Å². The van der Waals surface area contributed by atoms with E-state index in [1.54, 1.807) is 0 Å². The molecule has 0 heterocycles. The Morgan fingerprint density at radius 2 is 1.86 bits per heavy atom. The summed E-state index contributed by atoms with van der Waals surface area (Å²) in [6.45, 7) is 6.66. The minimum Gasteiger partial charge on any atom is -0.398 e. The highest BCUT2D eigenvalue weighted by molar-refractivity contribution is 6.33. The Kier molecular flexibility index (Phi) is 3.43. The van der Waals surface area contributed by atoms with Crippen LogP contribution in [0.1, 0.15) is 39.2 Å². The monoisotopic (exact) mass is 211 g/mol. The van der Waals surface area contributed by atoms with E-state index in [-0.39, 0.29) is 5.41 Å². The number of hydrogen-bond donors (Lipinski definition) is 1. The fourth-order valence-corrected chi connectivity index (χ4v) is 1.69. The number of benzene rings is 1. The van der Waals surface area contributed by atoms with Crippen LogP contribution in [0.15, 0.2) is 18.2 Å². The van der Waals surface area contributed by atoms with Gasteiger partial charge in [0.05, 0.1) is 10.7 Å². The summed E-state index contributed by atoms with van der Waals surface area (Å²) in [6.07, 6.45) is 2.23. The molecule has 0 bridgehead atoms. The normalized spacial score (nSPS) is 11.7. The molecule has 78 valence electrons. The molecular formula is C12H18ClN. The van der Waals surface area contributed by atoms with Crippen molar-refractivity contribution >= 4 is 17.3 Å². The Morgan fingerprint density at radius 3 is 2.29 bits per heavy atom. The number of rotatable bonds is 3. The maximum atomic E-state index is 5.89. The molecule has 1 rings (SSSR count). The second-order valence-corrected chi connectivity index (χ2v) is 4.41. The first-order valence-corrected chi connectivity index (χ1v) is 5.46. The van der Waals surface area contributed by atoms with E-state index in [0.29, 0.717) is 10.7 Å². The van der Waals surface area contributed by atoms with Crippen LogP contribution in [0.4, 0.5) is 5.69 Å². The molecule has 1 aromatic rings. The van der Waals surface area contributed by atoms with Gasteiger partial charge in [0, 0.05) is 0 Å². The third-order valence-electron chi connectivity index (χ3n) is 3.25. The fraction of sp³-hybridized carbons (Fsp3) is 0.500. The van der Waals surface area contributed by atoms with E-state index >= 15 is 0 Å². The smallest absolute Gasteiger partial charge is 0.0635 e. The summed E-state index contributed by atoms with van der Waals surface area (Å²) in [5.41, 5.74) is 7.98. The third kappa shape index (κ3) is 2.03. The predicted molar refractivity (Wildman–Crippen MR) is 63.8 cm³/mol. The lowest BCUT2D eigenvalue weighted by atomic mass is 9.78. The van der Waals surface area contributed by atoms with Gasteiger partial charge in [0.1, 0.15) is 0 Å². The minimum absolute atomic E-state index is 0.221. The second-order valence-electron chi connectivity index (χ2n) is 4.00. The van der Waals surface area contributed by atoms with E-state index in [0.717, 1.165) is 12.8 Å². The van der Waals surface area contributed by atoms with E-state index < -0.39 is 0 Å². The molecule has 2 N–H and O–H groups in total. The molecule has 0 atom stereocenters. The molecule has 0 radical (unpaired) electrons. The van der Waals surface area contributed by atoms with Gasteiger partial charge in [-0.3, -0.25) is 0 Å². The highest BCUT2D eigenvalue weighted by Crippen LogP contribution is 2.33. The van der Waals surface area contributed by atoms with Crippen molar-refractivity contribution in [3.63, 3.8) is 0 Å². The third-order valence-corrected chi connectivity index (χ3v) is 3.60. The van der Waals surface area contributed by atoms with E-state index in [1.807, 2.05) is 12.1 Å². The summed E-state index contributed by atoms with van der Waals surface area (Å²) in [7, 11) is 0. The van der Waals surface area contributed by atoms with Gasteiger partial charge in [-0.05, 0) is 36.0 Å². The lowest BCUT2D eigenvalue weighted by Crippen LogP contribution is -2.19. The Hall–Kier alpha value is -0.690. The Bertz CT molecular complexity index is 316. The predicted octanol–water partition coefficient (Wildman–Crippen LogP) is 4.00. The van der Waals surface area contributed by atoms with Gasteiger partial charge in [0.15, 0.2) is 0 Å². The molecule has 0 fully saturated rings. The van der Waals surface area contributed by atoms with Gasteiger partial charge < -0.3 is 5.73 Å². The lowest BCUT2D eigenvalue weighted by Gasteiger charge is -2.27. The van der Waals surface area contributed by atoms with Crippen molar-refractivity contribution in [2.75, 3.05) is 5.73 Å². The first-order chi connectivity index (χ1) is 6.53. The van der Waals surface area contributed by atoms with Crippen molar-refractivity contribution in [1.29, 1.82) is 0 Å². The van der Waals surface area contributed by atoms with Crippen molar-refractivity contribution in [2.45, 2.75) is 39.0 Å². The molecule has 0 aromatic heterocycles. The molecular weight excluding hydrogens is 194 g/mol. The summed E-state index contributed by atoms with van der Waals surface area (Å²) in [5, 5.41) is 0.642. The zero-order valence-electron chi connectivity index (χ0n) is 9.10. The summed E-state index contributed by atoms with van der Waals surface area (Å²) < 4.78 is 0. The highest BCUT2D eigenvalue weighted by Gasteiger charge is 2.22. The maximum absolute atomic E-state index is 5.89. The van der Waals surface area contributed by atoms with E-state index in [4.69, 9.17) is 17.3 Å². The molecule has 0 aliphatic rings. The van der Waals surface area contributed by atoms with Gasteiger partial charge in [0.2, 0.25) is 0 Å². The number of halogens is 1. The van der Waals surface area contributed by atoms with Crippen LogP contribution >= 0.6 is 11.6 Å². The van der Waals surface area contributed by atoms with Gasteiger partial charge >= 0.3 is 0 Å². The molecule has 0 spiro atoms. The molecule has 0 saturated heterocycles. The maximum Gasteiger partial charge on any atom is 0.0635 e. The number of nitrogens with two attached hydrogens (primary N) is 1. The van der Waals surface area contributed by atoms with E-state index in [1.165, 1.54) is 5.56 Å². The summed E-state index contributed by atoms with van der Waals surface area (Å²) in [6, 6.07) is 5.96. The van der Waals surface area contributed by atoms with Crippen LogP contribution in [0.25, 0.3) is 0 Å². The Labute approximate surface area is 91.3 Å². The SMILES string of the molecule is CCC(C)(CC)c1ccc(Cl)c(N)c1. The molecule has 0 unspecified atom stereocenters. The summed E-state index contributed by atoms with van der Waals surface area (Å²) >= 11 is 5.89. The van der Waals surface area contributed by atoms with Crippen LogP contribution in [-0.2, 0) is 5.41 Å². The first-order valence-electron chi connectivity index (χ1n) is 5.09. The number of anilines is 1. The summed E-state index contributed by atoms with van der Waals surface area (Å²) in [5.74, 6) is 0. The average molecular weight is 212 g/mol. The summed E-state index contributed by atoms with van der Waals surface area (Å²) in [4.78, 5) is 0. The zero-order valence-corrected chi connectivity index (χ0v) is 9.86. The van der Waals surface area contributed by atoms with Crippen LogP contribution in [0.3, 0.4) is 0 Å². The molecule has 0 saturated carbocycles. The van der Waals surface area contributed by atoms with Gasteiger partial charge in [-0.25, -0.2) is 0 Å². The molecule has 1 aromatic carbocycles. The van der Waals surface area contributed by atoms with Crippen LogP contribution in [0, 0.1) is 0 Å². The average Bonchev–Trinajstić information content (AvgIpc) is 2.21. The first kappa shape index (κ1) is 11.4. The van der Waals surface area contributed by atoms with Crippen LogP contribution in [0.5, 0.6) is 0 Å². The van der Waals surface area contributed by atoms with Crippen molar-refractivity contribution in [3.8, 4) is 0 Å². The molecule has 14 heavy (non-hydrogen) atoms. The van der Waals surface area contributed by atoms with E-state index in [9.17, 15) is 0 Å². The molecule has 0 aliphatic heterocycles. The highest BCUT2D eigenvalue weighted by atomic mass is 35.5. The standard InChI is InChI=1S/C12H18ClN/c1-4-12(3,5-2)9-6-7-10(13)11(14)8-9/h6-8H,4-5,14H2,1-3H3. The van der Waals surface area contributed by atoms with Crippen molar-refractivity contribution in [2.24, 2.45) is 0 Å². The number of hydrogen-bond acceptors (Lipinski definition) is 1. The number of nitrogen functional groups attached to an aromatic ring is 1. The van der Waals surface area contributed by atoms with Gasteiger partial charge in [-0.15, -0.1) is 0 Å². The van der Waals surface area contributed by atoms with Gasteiger partial charge in [-0.1, -0.05) is 38.4 Å². The van der Waals surface area contributed by atoms with Crippen LogP contribution in [0.2, 0.25) is 5.02 Å². The second kappa shape index (κ2) is 4.22. The quantitative estimate of drug-likeness (QED) is 0.752. The van der Waals surface area contributed by atoms with Gasteiger partial charge in [0.25, 0.3) is 0 Å². The van der Waals surface area contributed by atoms with Crippen molar-refractivity contribution in [1.82, 2.24) is 0 Å². The molecule has 0 amide bonds. The topological polar surface area (TPSA) is 26.0 Å². The Balaban J connectivity index is 3.12. The largest absolute Gasteiger partial charge is 0.398 e. The lowest BCUT2D eigenvalue weighted by molar-refractivity contribution is 0.439. The molecule has 2 heteroatoms. The van der Waals surface area contributed by atoms with Crippen molar-refractivity contribution < 1.29 is 0 Å². The fourth-order valence-electron chi connectivity index (χ4n) is 1.58. The molecule has 0 aliphatic carbocycles. The van der Waals surface area contributed by atoms with Crippen LogP contribution < -0.4 is 5.73 Å². The minimum atomic E-state index is 0.221.